The van der Waals surface area contributed by atoms with Crippen molar-refractivity contribution in [3.05, 3.63) is 22.4 Å². The minimum absolute atomic E-state index is 0.00352. The highest BCUT2D eigenvalue weighted by molar-refractivity contribution is 5.89. The van der Waals surface area contributed by atoms with Crippen molar-refractivity contribution in [3.63, 3.8) is 0 Å². The maximum atomic E-state index is 11.0. The summed E-state index contributed by atoms with van der Waals surface area (Å²) in [5.41, 5.74) is 8.73. The Bertz CT molecular complexity index is 339. The smallest absolute Gasteiger partial charge is 0.333 e. The predicted octanol–water partition coefficient (Wildman–Crippen LogP) is 1.91. The quantitative estimate of drug-likeness (QED) is 0.671. The van der Waals surface area contributed by atoms with Crippen LogP contribution in [0.5, 0.6) is 0 Å². The molecule has 3 heteroatoms. The van der Waals surface area contributed by atoms with Gasteiger partial charge in [0, 0.05) is 5.70 Å². The Labute approximate surface area is 84.3 Å². The SMILES string of the molecule is CC1=C(C)C(C)C(C)C(C(=O)O)=C1N. The molecule has 3 N–H and O–H groups in total. The second-order valence-electron chi connectivity index (χ2n) is 4.02. The number of allylic oxidation sites excluding steroid dienone is 2. The lowest BCUT2D eigenvalue weighted by atomic mass is 9.76. The van der Waals surface area contributed by atoms with Gasteiger partial charge >= 0.3 is 5.97 Å². The van der Waals surface area contributed by atoms with E-state index in [1.54, 1.807) is 0 Å². The zero-order chi connectivity index (χ0) is 11.0. The largest absolute Gasteiger partial charge is 0.478 e. The molecule has 78 valence electrons. The molecule has 0 heterocycles. The van der Waals surface area contributed by atoms with Crippen molar-refractivity contribution in [2.24, 2.45) is 17.6 Å². The van der Waals surface area contributed by atoms with Crippen LogP contribution in [-0.2, 0) is 4.79 Å². The van der Waals surface area contributed by atoms with E-state index in [0.29, 0.717) is 11.3 Å². The van der Waals surface area contributed by atoms with Crippen molar-refractivity contribution in [1.29, 1.82) is 0 Å². The normalized spacial score (nSPS) is 28.3. The van der Waals surface area contributed by atoms with Crippen LogP contribution in [0.3, 0.4) is 0 Å². The van der Waals surface area contributed by atoms with E-state index >= 15 is 0 Å². The fourth-order valence-corrected chi connectivity index (χ4v) is 1.94. The molecule has 1 aliphatic carbocycles. The molecule has 14 heavy (non-hydrogen) atoms. The first-order valence-corrected chi connectivity index (χ1v) is 4.78. The number of carboxylic acids is 1. The summed E-state index contributed by atoms with van der Waals surface area (Å²) in [6.45, 7) is 7.85. The Hall–Kier alpha value is -1.25. The van der Waals surface area contributed by atoms with Crippen LogP contribution < -0.4 is 5.73 Å². The Kier molecular flexibility index (Phi) is 2.69. The minimum atomic E-state index is -0.895. The van der Waals surface area contributed by atoms with E-state index in [0.717, 1.165) is 5.57 Å². The van der Waals surface area contributed by atoms with Gasteiger partial charge < -0.3 is 10.8 Å². The fraction of sp³-hybridized carbons (Fsp3) is 0.545. The molecule has 0 aromatic heterocycles. The van der Waals surface area contributed by atoms with Gasteiger partial charge in [-0.3, -0.25) is 0 Å². The molecule has 0 radical (unpaired) electrons. The van der Waals surface area contributed by atoms with Crippen LogP contribution in [0.2, 0.25) is 0 Å². The number of aliphatic carboxylic acids is 1. The maximum absolute atomic E-state index is 11.0. The van der Waals surface area contributed by atoms with Crippen LogP contribution in [0.1, 0.15) is 27.7 Å². The highest BCUT2D eigenvalue weighted by atomic mass is 16.4. The van der Waals surface area contributed by atoms with Crippen LogP contribution in [0, 0.1) is 11.8 Å². The zero-order valence-corrected chi connectivity index (χ0v) is 9.09. The average molecular weight is 195 g/mol. The van der Waals surface area contributed by atoms with Gasteiger partial charge in [-0.1, -0.05) is 19.4 Å². The number of rotatable bonds is 1. The molecule has 0 spiro atoms. The van der Waals surface area contributed by atoms with Gasteiger partial charge in [0.25, 0.3) is 0 Å². The highest BCUT2D eigenvalue weighted by Gasteiger charge is 2.31. The monoisotopic (exact) mass is 195 g/mol. The molecule has 3 nitrogen and oxygen atoms in total. The molecule has 0 saturated heterocycles. The van der Waals surface area contributed by atoms with Crippen LogP contribution in [-0.4, -0.2) is 11.1 Å². The molecule has 0 aromatic carbocycles. The maximum Gasteiger partial charge on any atom is 0.333 e. The molecule has 2 atom stereocenters. The molecule has 2 unspecified atom stereocenters. The number of hydrogen-bond acceptors (Lipinski definition) is 2. The second-order valence-corrected chi connectivity index (χ2v) is 4.02. The molecule has 0 fully saturated rings. The summed E-state index contributed by atoms with van der Waals surface area (Å²) in [5.74, 6) is -0.640. The standard InChI is InChI=1S/C11H17NO2/c1-5-6(2)8(4)10(12)9(7(5)3)11(13)14/h5,7H,12H2,1-4H3,(H,13,14). The third kappa shape index (κ3) is 1.43. The van der Waals surface area contributed by atoms with E-state index in [1.807, 2.05) is 27.7 Å². The fourth-order valence-electron chi connectivity index (χ4n) is 1.94. The average Bonchev–Trinajstić information content (AvgIpc) is 2.11. The van der Waals surface area contributed by atoms with Gasteiger partial charge in [0.15, 0.2) is 0 Å². The molecule has 1 aliphatic rings. The summed E-state index contributed by atoms with van der Waals surface area (Å²) in [4.78, 5) is 11.0. The van der Waals surface area contributed by atoms with Crippen LogP contribution in [0.15, 0.2) is 22.4 Å². The molecule has 0 aliphatic heterocycles. The van der Waals surface area contributed by atoms with Crippen molar-refractivity contribution in [3.8, 4) is 0 Å². The van der Waals surface area contributed by atoms with E-state index in [9.17, 15) is 4.79 Å². The lowest BCUT2D eigenvalue weighted by molar-refractivity contribution is -0.133. The lowest BCUT2D eigenvalue weighted by Gasteiger charge is -2.29. The van der Waals surface area contributed by atoms with E-state index in [1.165, 1.54) is 5.57 Å². The van der Waals surface area contributed by atoms with Crippen molar-refractivity contribution in [1.82, 2.24) is 0 Å². The van der Waals surface area contributed by atoms with Crippen molar-refractivity contribution < 1.29 is 9.90 Å². The van der Waals surface area contributed by atoms with Gasteiger partial charge in [-0.15, -0.1) is 0 Å². The van der Waals surface area contributed by atoms with Gasteiger partial charge in [-0.2, -0.15) is 0 Å². The van der Waals surface area contributed by atoms with Crippen LogP contribution in [0.25, 0.3) is 0 Å². The number of carbonyl (C=O) groups is 1. The topological polar surface area (TPSA) is 63.3 Å². The van der Waals surface area contributed by atoms with Gasteiger partial charge in [0.2, 0.25) is 0 Å². The highest BCUT2D eigenvalue weighted by Crippen LogP contribution is 2.36. The van der Waals surface area contributed by atoms with E-state index in [4.69, 9.17) is 10.8 Å². The van der Waals surface area contributed by atoms with Crippen LogP contribution in [0.4, 0.5) is 0 Å². The van der Waals surface area contributed by atoms with Gasteiger partial charge in [-0.25, -0.2) is 4.79 Å². The summed E-state index contributed by atoms with van der Waals surface area (Å²) < 4.78 is 0. The van der Waals surface area contributed by atoms with Crippen molar-refractivity contribution in [2.45, 2.75) is 27.7 Å². The molecule has 1 rings (SSSR count). The molecule has 0 bridgehead atoms. The lowest BCUT2D eigenvalue weighted by Crippen LogP contribution is -2.27. The summed E-state index contributed by atoms with van der Waals surface area (Å²) in [7, 11) is 0. The Balaban J connectivity index is 3.32. The third-order valence-corrected chi connectivity index (χ3v) is 3.40. The Morgan fingerprint density at radius 1 is 1.29 bits per heavy atom. The first-order chi connectivity index (χ1) is 6.37. The molecular formula is C11H17NO2. The van der Waals surface area contributed by atoms with Crippen molar-refractivity contribution >= 4 is 5.97 Å². The predicted molar refractivity (Wildman–Crippen MR) is 55.6 cm³/mol. The van der Waals surface area contributed by atoms with Crippen LogP contribution >= 0.6 is 0 Å². The minimum Gasteiger partial charge on any atom is -0.478 e. The van der Waals surface area contributed by atoms with Gasteiger partial charge in [0.1, 0.15) is 0 Å². The molecular weight excluding hydrogens is 178 g/mol. The van der Waals surface area contributed by atoms with Gasteiger partial charge in [-0.05, 0) is 31.3 Å². The summed E-state index contributed by atoms with van der Waals surface area (Å²) in [6.07, 6.45) is 0. The van der Waals surface area contributed by atoms with E-state index in [2.05, 4.69) is 0 Å². The third-order valence-electron chi connectivity index (χ3n) is 3.40. The molecule has 0 saturated carbocycles. The Morgan fingerprint density at radius 3 is 2.21 bits per heavy atom. The number of carboxylic acid groups (broad SMARTS) is 1. The molecule has 0 amide bonds. The second kappa shape index (κ2) is 3.48. The number of nitrogens with two attached hydrogens (primary N) is 1. The Morgan fingerprint density at radius 2 is 1.79 bits per heavy atom. The summed E-state index contributed by atoms with van der Waals surface area (Å²) in [5, 5.41) is 9.04. The number of hydrogen-bond donors (Lipinski definition) is 2. The van der Waals surface area contributed by atoms with E-state index in [-0.39, 0.29) is 11.8 Å². The zero-order valence-electron chi connectivity index (χ0n) is 9.09. The summed E-state index contributed by atoms with van der Waals surface area (Å²) >= 11 is 0. The van der Waals surface area contributed by atoms with Gasteiger partial charge in [0.05, 0.1) is 5.57 Å². The first-order valence-electron chi connectivity index (χ1n) is 4.78. The molecule has 0 aromatic rings. The summed E-state index contributed by atoms with van der Waals surface area (Å²) in [6, 6.07) is 0. The van der Waals surface area contributed by atoms with Crippen molar-refractivity contribution in [2.75, 3.05) is 0 Å². The van der Waals surface area contributed by atoms with E-state index < -0.39 is 5.97 Å². The first kappa shape index (κ1) is 10.8.